The minimum Gasteiger partial charge on any atom is -0.476 e. The molecule has 0 fully saturated rings. The Morgan fingerprint density at radius 1 is 1.56 bits per heavy atom. The number of aromatic carboxylic acids is 1. The quantitative estimate of drug-likeness (QED) is 0.782. The molecule has 0 atom stereocenters. The van der Waals surface area contributed by atoms with Gasteiger partial charge in [0.1, 0.15) is 6.61 Å². The largest absolute Gasteiger partial charge is 0.476 e. The summed E-state index contributed by atoms with van der Waals surface area (Å²) in [5.41, 5.74) is -0.157. The number of alkyl halides is 3. The van der Waals surface area contributed by atoms with Crippen LogP contribution in [0.2, 0.25) is 0 Å². The van der Waals surface area contributed by atoms with Gasteiger partial charge in [-0.05, 0) is 0 Å². The van der Waals surface area contributed by atoms with Crippen LogP contribution in [0.4, 0.5) is 13.2 Å². The van der Waals surface area contributed by atoms with Crippen LogP contribution < -0.4 is 0 Å². The Morgan fingerprint density at radius 2 is 2.25 bits per heavy atom. The fraction of sp³-hybridized carbons (Fsp3) is 0.500. The molecule has 0 saturated heterocycles. The van der Waals surface area contributed by atoms with Gasteiger partial charge in [0.25, 0.3) is 0 Å². The lowest BCUT2D eigenvalue weighted by Crippen LogP contribution is -2.18. The van der Waals surface area contributed by atoms with E-state index in [-0.39, 0.29) is 18.8 Å². The Bertz CT molecular complexity index is 362. The van der Waals surface area contributed by atoms with Gasteiger partial charge in [-0.1, -0.05) is 0 Å². The number of carboxylic acid groups (broad SMARTS) is 1. The molecule has 1 heterocycles. The Kier molecular flexibility index (Phi) is 3.88. The Balaban J connectivity index is 2.30. The minimum atomic E-state index is -4.35. The maximum absolute atomic E-state index is 11.7. The fourth-order valence-electron chi connectivity index (χ4n) is 0.951. The van der Waals surface area contributed by atoms with Crippen LogP contribution in [0, 0.1) is 0 Å². The van der Waals surface area contributed by atoms with Crippen LogP contribution in [0.25, 0.3) is 0 Å². The van der Waals surface area contributed by atoms with Crippen molar-refractivity contribution < 1.29 is 27.8 Å². The number of rotatable bonds is 5. The summed E-state index contributed by atoms with van der Waals surface area (Å²) in [6.45, 7) is -1.35. The van der Waals surface area contributed by atoms with Gasteiger partial charge in [0.05, 0.1) is 12.9 Å². The van der Waals surface area contributed by atoms with Crippen molar-refractivity contribution in [2.75, 3.05) is 13.2 Å². The number of nitrogens with zero attached hydrogens (tertiary/aromatic N) is 2. The SMILES string of the molecule is O=C(O)c1cn(CCOCC(F)(F)F)cn1. The molecule has 90 valence electrons. The van der Waals surface area contributed by atoms with Crippen LogP contribution in [-0.4, -0.2) is 40.0 Å². The topological polar surface area (TPSA) is 64.3 Å². The van der Waals surface area contributed by atoms with Gasteiger partial charge in [-0.2, -0.15) is 13.2 Å². The molecule has 0 unspecified atom stereocenters. The standard InChI is InChI=1S/C8H9F3N2O3/c9-8(10,11)4-16-2-1-13-3-6(7(14)15)12-5-13/h3,5H,1-2,4H2,(H,14,15). The van der Waals surface area contributed by atoms with E-state index in [1.807, 2.05) is 0 Å². The summed E-state index contributed by atoms with van der Waals surface area (Å²) in [6.07, 6.45) is -1.90. The zero-order valence-corrected chi connectivity index (χ0v) is 8.07. The van der Waals surface area contributed by atoms with E-state index in [9.17, 15) is 18.0 Å². The van der Waals surface area contributed by atoms with Crippen molar-refractivity contribution in [2.24, 2.45) is 0 Å². The number of carboxylic acids is 1. The van der Waals surface area contributed by atoms with Crippen molar-refractivity contribution in [1.82, 2.24) is 9.55 Å². The van der Waals surface area contributed by atoms with Crippen molar-refractivity contribution in [1.29, 1.82) is 0 Å². The summed E-state index contributed by atoms with van der Waals surface area (Å²) in [7, 11) is 0. The summed E-state index contributed by atoms with van der Waals surface area (Å²) < 4.78 is 40.7. The first-order chi connectivity index (χ1) is 7.38. The highest BCUT2D eigenvalue weighted by Gasteiger charge is 2.27. The molecule has 0 aliphatic rings. The molecule has 0 aliphatic carbocycles. The first-order valence-electron chi connectivity index (χ1n) is 4.28. The lowest BCUT2D eigenvalue weighted by atomic mass is 10.5. The first kappa shape index (κ1) is 12.5. The van der Waals surface area contributed by atoms with E-state index in [0.717, 1.165) is 0 Å². The number of imidazole rings is 1. The van der Waals surface area contributed by atoms with Crippen molar-refractivity contribution in [3.63, 3.8) is 0 Å². The molecular weight excluding hydrogens is 229 g/mol. The summed E-state index contributed by atoms with van der Waals surface area (Å²) in [6, 6.07) is 0. The molecule has 0 aromatic carbocycles. The summed E-state index contributed by atoms with van der Waals surface area (Å²) in [5.74, 6) is -1.19. The molecule has 0 radical (unpaired) electrons. The molecule has 1 aromatic rings. The van der Waals surface area contributed by atoms with Gasteiger partial charge in [0, 0.05) is 12.7 Å². The van der Waals surface area contributed by atoms with E-state index in [0.29, 0.717) is 0 Å². The Labute approximate surface area is 88.5 Å². The second-order valence-electron chi connectivity index (χ2n) is 2.97. The molecular formula is C8H9F3N2O3. The fourth-order valence-corrected chi connectivity index (χ4v) is 0.951. The highest BCUT2D eigenvalue weighted by molar-refractivity contribution is 5.84. The molecule has 1 aromatic heterocycles. The van der Waals surface area contributed by atoms with Crippen molar-refractivity contribution in [2.45, 2.75) is 12.7 Å². The van der Waals surface area contributed by atoms with E-state index >= 15 is 0 Å². The highest BCUT2D eigenvalue weighted by Crippen LogP contribution is 2.14. The lowest BCUT2D eigenvalue weighted by Gasteiger charge is -2.07. The van der Waals surface area contributed by atoms with Crippen molar-refractivity contribution >= 4 is 5.97 Å². The predicted octanol–water partition coefficient (Wildman–Crippen LogP) is 1.16. The van der Waals surface area contributed by atoms with E-state index in [4.69, 9.17) is 5.11 Å². The second-order valence-corrected chi connectivity index (χ2v) is 2.97. The van der Waals surface area contributed by atoms with E-state index in [1.165, 1.54) is 17.1 Å². The minimum absolute atomic E-state index is 0.121. The maximum atomic E-state index is 11.7. The average molecular weight is 238 g/mol. The van der Waals surface area contributed by atoms with E-state index in [1.54, 1.807) is 0 Å². The molecule has 0 aliphatic heterocycles. The summed E-state index contributed by atoms with van der Waals surface area (Å²) in [5, 5.41) is 8.52. The molecule has 1 rings (SSSR count). The van der Waals surface area contributed by atoms with Crippen LogP contribution in [0.5, 0.6) is 0 Å². The molecule has 0 bridgehead atoms. The predicted molar refractivity (Wildman–Crippen MR) is 46.1 cm³/mol. The third kappa shape index (κ3) is 4.30. The summed E-state index contributed by atoms with van der Waals surface area (Å²) >= 11 is 0. The van der Waals surface area contributed by atoms with Gasteiger partial charge >= 0.3 is 12.1 Å². The van der Waals surface area contributed by atoms with Gasteiger partial charge in [-0.3, -0.25) is 0 Å². The van der Waals surface area contributed by atoms with Gasteiger partial charge in [0.15, 0.2) is 5.69 Å². The highest BCUT2D eigenvalue weighted by atomic mass is 19.4. The third-order valence-corrected chi connectivity index (χ3v) is 1.61. The molecule has 16 heavy (non-hydrogen) atoms. The number of hydrogen-bond acceptors (Lipinski definition) is 3. The zero-order valence-electron chi connectivity index (χ0n) is 8.07. The van der Waals surface area contributed by atoms with E-state index in [2.05, 4.69) is 9.72 Å². The van der Waals surface area contributed by atoms with Gasteiger partial charge in [-0.15, -0.1) is 0 Å². The van der Waals surface area contributed by atoms with Crippen LogP contribution in [0.15, 0.2) is 12.5 Å². The smallest absolute Gasteiger partial charge is 0.411 e. The molecule has 5 nitrogen and oxygen atoms in total. The third-order valence-electron chi connectivity index (χ3n) is 1.61. The molecule has 8 heteroatoms. The second kappa shape index (κ2) is 4.97. The van der Waals surface area contributed by atoms with Crippen molar-refractivity contribution in [3.8, 4) is 0 Å². The Hall–Kier alpha value is -1.57. The monoisotopic (exact) mass is 238 g/mol. The number of halogens is 3. The van der Waals surface area contributed by atoms with Crippen molar-refractivity contribution in [3.05, 3.63) is 18.2 Å². The van der Waals surface area contributed by atoms with Crippen LogP contribution in [0.3, 0.4) is 0 Å². The van der Waals surface area contributed by atoms with Gasteiger partial charge < -0.3 is 14.4 Å². The van der Waals surface area contributed by atoms with Crippen LogP contribution in [-0.2, 0) is 11.3 Å². The van der Waals surface area contributed by atoms with Gasteiger partial charge in [-0.25, -0.2) is 9.78 Å². The van der Waals surface area contributed by atoms with Crippen LogP contribution >= 0.6 is 0 Å². The molecule has 1 N–H and O–H groups in total. The maximum Gasteiger partial charge on any atom is 0.411 e. The van der Waals surface area contributed by atoms with Crippen LogP contribution in [0.1, 0.15) is 10.5 Å². The molecule has 0 spiro atoms. The molecule has 0 amide bonds. The van der Waals surface area contributed by atoms with Gasteiger partial charge in [0.2, 0.25) is 0 Å². The number of ether oxygens (including phenoxy) is 1. The normalized spacial score (nSPS) is 11.7. The lowest BCUT2D eigenvalue weighted by molar-refractivity contribution is -0.174. The summed E-state index contributed by atoms with van der Waals surface area (Å²) in [4.78, 5) is 13.9. The zero-order chi connectivity index (χ0) is 12.2. The number of hydrogen-bond donors (Lipinski definition) is 1. The Morgan fingerprint density at radius 3 is 2.75 bits per heavy atom. The molecule has 0 saturated carbocycles. The number of carbonyl (C=O) groups is 1. The van der Waals surface area contributed by atoms with E-state index < -0.39 is 18.8 Å². The average Bonchev–Trinajstić information content (AvgIpc) is 2.59. The first-order valence-corrected chi connectivity index (χ1v) is 4.28. The number of aromatic nitrogens is 2.